The fourth-order valence-corrected chi connectivity index (χ4v) is 2.08. The van der Waals surface area contributed by atoms with E-state index in [-0.39, 0.29) is 16.9 Å². The van der Waals surface area contributed by atoms with Crippen LogP contribution in [0.4, 0.5) is 0 Å². The predicted molar refractivity (Wildman–Crippen MR) is 74.3 cm³/mol. The third kappa shape index (κ3) is 4.19. The minimum atomic E-state index is -0.761. The van der Waals surface area contributed by atoms with Crippen LogP contribution in [0.1, 0.15) is 11.3 Å². The van der Waals surface area contributed by atoms with E-state index < -0.39 is 12.0 Å². The molecule has 0 unspecified atom stereocenters. The normalized spacial score (nSPS) is 12.2. The molecular weight excluding hydrogens is 303 g/mol. The first-order valence-corrected chi connectivity index (χ1v) is 6.51. The molecule has 0 radical (unpaired) electrons. The number of aromatic amines is 1. The lowest BCUT2D eigenvalue weighted by molar-refractivity contribution is -0.146. The molecule has 3 N–H and O–H groups in total. The van der Waals surface area contributed by atoms with Gasteiger partial charge >= 0.3 is 5.97 Å². The average molecular weight is 315 g/mol. The molecular formula is C12H12Cl2N4O2. The van der Waals surface area contributed by atoms with Crippen molar-refractivity contribution in [2.24, 2.45) is 5.73 Å². The number of hydrogen-bond donors (Lipinski definition) is 2. The molecule has 2 heterocycles. The third-order valence-corrected chi connectivity index (χ3v) is 2.89. The lowest BCUT2D eigenvalue weighted by atomic mass is 10.2. The van der Waals surface area contributed by atoms with E-state index in [9.17, 15) is 4.79 Å². The van der Waals surface area contributed by atoms with Crippen LogP contribution in [0.5, 0.6) is 0 Å². The van der Waals surface area contributed by atoms with Gasteiger partial charge in [-0.05, 0) is 17.7 Å². The maximum Gasteiger partial charge on any atom is 0.323 e. The highest BCUT2D eigenvalue weighted by Gasteiger charge is 2.16. The second-order valence-electron chi connectivity index (χ2n) is 4.12. The Balaban J connectivity index is 1.88. The third-order valence-electron chi connectivity index (χ3n) is 2.50. The van der Waals surface area contributed by atoms with E-state index in [1.54, 1.807) is 18.3 Å². The van der Waals surface area contributed by atoms with Crippen LogP contribution in [-0.2, 0) is 22.6 Å². The second kappa shape index (κ2) is 6.69. The Hall–Kier alpha value is -1.63. The number of nitrogens with one attached hydrogen (secondary N) is 1. The number of pyridine rings is 1. The van der Waals surface area contributed by atoms with Crippen LogP contribution >= 0.6 is 23.2 Å². The zero-order chi connectivity index (χ0) is 14.5. The number of rotatable bonds is 5. The summed E-state index contributed by atoms with van der Waals surface area (Å²) in [6.07, 6.45) is 3.46. The Morgan fingerprint density at radius 3 is 2.70 bits per heavy atom. The molecule has 0 fully saturated rings. The summed E-state index contributed by atoms with van der Waals surface area (Å²) < 4.78 is 5.11. The molecule has 0 spiro atoms. The monoisotopic (exact) mass is 314 g/mol. The molecule has 20 heavy (non-hydrogen) atoms. The van der Waals surface area contributed by atoms with Crippen molar-refractivity contribution in [2.75, 3.05) is 0 Å². The fourth-order valence-electron chi connectivity index (χ4n) is 1.58. The molecule has 6 nitrogen and oxygen atoms in total. The van der Waals surface area contributed by atoms with Crippen molar-refractivity contribution in [3.05, 3.63) is 46.2 Å². The maximum atomic E-state index is 11.7. The first-order valence-electron chi connectivity index (χ1n) is 5.76. The molecule has 1 atom stereocenters. The van der Waals surface area contributed by atoms with Crippen molar-refractivity contribution in [1.82, 2.24) is 15.0 Å². The maximum absolute atomic E-state index is 11.7. The first-order chi connectivity index (χ1) is 9.54. The van der Waals surface area contributed by atoms with Crippen molar-refractivity contribution < 1.29 is 9.53 Å². The highest BCUT2D eigenvalue weighted by molar-refractivity contribution is 6.32. The summed E-state index contributed by atoms with van der Waals surface area (Å²) >= 11 is 11.5. The van der Waals surface area contributed by atoms with Crippen molar-refractivity contribution >= 4 is 29.2 Å². The molecule has 0 aliphatic heterocycles. The van der Waals surface area contributed by atoms with Gasteiger partial charge in [-0.25, -0.2) is 9.97 Å². The number of halogens is 2. The average Bonchev–Trinajstić information content (AvgIpc) is 2.87. The minimum Gasteiger partial charge on any atom is -0.460 e. The van der Waals surface area contributed by atoms with Gasteiger partial charge in [-0.15, -0.1) is 0 Å². The predicted octanol–water partition coefficient (Wildman–Crippen LogP) is 1.72. The molecule has 106 valence electrons. The van der Waals surface area contributed by atoms with Crippen molar-refractivity contribution in [1.29, 1.82) is 0 Å². The van der Waals surface area contributed by atoms with Gasteiger partial charge in [0.1, 0.15) is 23.0 Å². The van der Waals surface area contributed by atoms with Gasteiger partial charge in [-0.1, -0.05) is 23.2 Å². The van der Waals surface area contributed by atoms with Crippen LogP contribution in [0.3, 0.4) is 0 Å². The van der Waals surface area contributed by atoms with Gasteiger partial charge in [0.25, 0.3) is 0 Å². The number of carbonyl (C=O) groups is 1. The molecule has 2 aromatic heterocycles. The Kier molecular flexibility index (Phi) is 4.94. The Morgan fingerprint density at radius 2 is 2.10 bits per heavy atom. The van der Waals surface area contributed by atoms with Gasteiger partial charge in [-0.2, -0.15) is 0 Å². The van der Waals surface area contributed by atoms with Crippen LogP contribution in [0.15, 0.2) is 24.7 Å². The van der Waals surface area contributed by atoms with E-state index in [1.165, 1.54) is 6.33 Å². The van der Waals surface area contributed by atoms with Crippen LogP contribution in [0.25, 0.3) is 0 Å². The Morgan fingerprint density at radius 1 is 1.40 bits per heavy atom. The summed E-state index contributed by atoms with van der Waals surface area (Å²) in [4.78, 5) is 22.3. The van der Waals surface area contributed by atoms with Crippen LogP contribution in [0.2, 0.25) is 10.3 Å². The van der Waals surface area contributed by atoms with E-state index >= 15 is 0 Å². The van der Waals surface area contributed by atoms with Gasteiger partial charge in [0.15, 0.2) is 0 Å². The minimum absolute atomic E-state index is 0.0392. The highest BCUT2D eigenvalue weighted by atomic mass is 35.5. The van der Waals surface area contributed by atoms with Crippen LogP contribution in [0, 0.1) is 0 Å². The SMILES string of the molecule is N[C@@H](Cc1cnc[nH]1)C(=O)OCc1cc(Cl)nc(Cl)c1. The van der Waals surface area contributed by atoms with E-state index in [2.05, 4.69) is 15.0 Å². The largest absolute Gasteiger partial charge is 0.460 e. The van der Waals surface area contributed by atoms with Gasteiger partial charge in [-0.3, -0.25) is 4.79 Å². The molecule has 0 bridgehead atoms. The molecule has 0 aliphatic rings. The second-order valence-corrected chi connectivity index (χ2v) is 4.89. The number of esters is 1. The number of H-pyrrole nitrogens is 1. The van der Waals surface area contributed by atoms with Crippen molar-refractivity contribution in [3.63, 3.8) is 0 Å². The van der Waals surface area contributed by atoms with E-state index in [4.69, 9.17) is 33.7 Å². The highest BCUT2D eigenvalue weighted by Crippen LogP contribution is 2.15. The summed E-state index contributed by atoms with van der Waals surface area (Å²) in [7, 11) is 0. The number of nitrogens with two attached hydrogens (primary N) is 1. The molecule has 0 saturated heterocycles. The zero-order valence-electron chi connectivity index (χ0n) is 10.3. The molecule has 0 amide bonds. The number of carbonyl (C=O) groups excluding carboxylic acids is 1. The lowest BCUT2D eigenvalue weighted by Crippen LogP contribution is -2.34. The molecule has 2 aromatic rings. The van der Waals surface area contributed by atoms with Gasteiger partial charge in [0.2, 0.25) is 0 Å². The smallest absolute Gasteiger partial charge is 0.323 e. The number of ether oxygens (including phenoxy) is 1. The first kappa shape index (κ1) is 14.8. The van der Waals surface area contributed by atoms with Crippen LogP contribution < -0.4 is 5.73 Å². The standard InChI is InChI=1S/C12H12Cl2N4O2/c13-10-1-7(2-11(14)18-10)5-20-12(19)9(15)3-8-4-16-6-17-8/h1-2,4,6,9H,3,5,15H2,(H,16,17)/t9-/m0/s1. The number of imidazole rings is 1. The molecule has 0 aliphatic carbocycles. The molecule has 0 aromatic carbocycles. The van der Waals surface area contributed by atoms with Gasteiger partial charge < -0.3 is 15.5 Å². The topological polar surface area (TPSA) is 93.9 Å². The summed E-state index contributed by atoms with van der Waals surface area (Å²) in [5.74, 6) is -0.511. The van der Waals surface area contributed by atoms with E-state index in [0.29, 0.717) is 12.0 Å². The number of nitrogens with zero attached hydrogens (tertiary/aromatic N) is 2. The fraction of sp³-hybridized carbons (Fsp3) is 0.250. The summed E-state index contributed by atoms with van der Waals surface area (Å²) in [6.45, 7) is 0.0392. The quantitative estimate of drug-likeness (QED) is 0.647. The molecule has 0 saturated carbocycles. The lowest BCUT2D eigenvalue weighted by Gasteiger charge is -2.10. The van der Waals surface area contributed by atoms with Crippen molar-refractivity contribution in [3.8, 4) is 0 Å². The van der Waals surface area contributed by atoms with Crippen LogP contribution in [-0.4, -0.2) is 27.0 Å². The number of hydrogen-bond acceptors (Lipinski definition) is 5. The zero-order valence-corrected chi connectivity index (χ0v) is 11.9. The van der Waals surface area contributed by atoms with E-state index in [0.717, 1.165) is 5.69 Å². The van der Waals surface area contributed by atoms with Gasteiger partial charge in [0, 0.05) is 18.3 Å². The van der Waals surface area contributed by atoms with Crippen molar-refractivity contribution in [2.45, 2.75) is 19.1 Å². The summed E-state index contributed by atoms with van der Waals surface area (Å²) in [6, 6.07) is 2.38. The Bertz CT molecular complexity index is 569. The van der Waals surface area contributed by atoms with Gasteiger partial charge in [0.05, 0.1) is 6.33 Å². The molecule has 8 heteroatoms. The van der Waals surface area contributed by atoms with E-state index in [1.807, 2.05) is 0 Å². The summed E-state index contributed by atoms with van der Waals surface area (Å²) in [5, 5.41) is 0.482. The Labute approximate surface area is 125 Å². The number of aromatic nitrogens is 3. The summed E-state index contributed by atoms with van der Waals surface area (Å²) in [5.41, 5.74) is 7.16. The molecule has 2 rings (SSSR count).